The lowest BCUT2D eigenvalue weighted by Gasteiger charge is -2.25. The van der Waals surface area contributed by atoms with Crippen LogP contribution in [0.4, 0.5) is 5.69 Å². The maximum atomic E-state index is 11.2. The standard InChI is InChI=1S/C20H24N2O2/c1-13(16-7-6-8-17(11-16)22-15(3)23)21-14(2)19-12-24-20-10-5-4-9-18(19)20/h4-11,13-14,19,21H,12H2,1-3H3,(H,22,23)/t13-,14-,19-/m0/s1. The van der Waals surface area contributed by atoms with Crippen LogP contribution in [-0.4, -0.2) is 18.6 Å². The van der Waals surface area contributed by atoms with Crippen molar-refractivity contribution in [2.45, 2.75) is 38.8 Å². The van der Waals surface area contributed by atoms with Crippen molar-refractivity contribution in [3.8, 4) is 5.75 Å². The van der Waals surface area contributed by atoms with Crippen LogP contribution in [0.15, 0.2) is 48.5 Å². The van der Waals surface area contributed by atoms with Gasteiger partial charge in [-0.3, -0.25) is 4.79 Å². The Kier molecular flexibility index (Phi) is 4.86. The predicted molar refractivity (Wildman–Crippen MR) is 96.4 cm³/mol. The summed E-state index contributed by atoms with van der Waals surface area (Å²) in [6, 6.07) is 16.7. The van der Waals surface area contributed by atoms with Crippen molar-refractivity contribution in [3.63, 3.8) is 0 Å². The van der Waals surface area contributed by atoms with Gasteiger partial charge in [-0.25, -0.2) is 0 Å². The second-order valence-electron chi connectivity index (χ2n) is 6.44. The quantitative estimate of drug-likeness (QED) is 0.878. The average Bonchev–Trinajstić information content (AvgIpc) is 2.98. The number of amides is 1. The number of ether oxygens (including phenoxy) is 1. The van der Waals surface area contributed by atoms with Gasteiger partial charge in [0.25, 0.3) is 0 Å². The summed E-state index contributed by atoms with van der Waals surface area (Å²) in [5, 5.41) is 6.50. The minimum absolute atomic E-state index is 0.0548. The first-order valence-corrected chi connectivity index (χ1v) is 8.40. The molecule has 2 aromatic rings. The first kappa shape index (κ1) is 16.5. The molecule has 0 unspecified atom stereocenters. The molecule has 126 valence electrons. The van der Waals surface area contributed by atoms with Gasteiger partial charge in [-0.1, -0.05) is 30.3 Å². The van der Waals surface area contributed by atoms with Crippen LogP contribution in [-0.2, 0) is 4.79 Å². The fraction of sp³-hybridized carbons (Fsp3) is 0.350. The van der Waals surface area contributed by atoms with Crippen molar-refractivity contribution in [2.24, 2.45) is 0 Å². The predicted octanol–water partition coefficient (Wildman–Crippen LogP) is 3.86. The van der Waals surface area contributed by atoms with Crippen molar-refractivity contribution in [1.82, 2.24) is 5.32 Å². The molecule has 4 heteroatoms. The summed E-state index contributed by atoms with van der Waals surface area (Å²) in [5.74, 6) is 1.29. The van der Waals surface area contributed by atoms with E-state index in [4.69, 9.17) is 4.74 Å². The molecule has 1 heterocycles. The third-order valence-electron chi connectivity index (χ3n) is 4.56. The maximum Gasteiger partial charge on any atom is 0.221 e. The zero-order valence-corrected chi connectivity index (χ0v) is 14.4. The molecule has 2 aromatic carbocycles. The van der Waals surface area contributed by atoms with E-state index >= 15 is 0 Å². The summed E-state index contributed by atoms with van der Waals surface area (Å²) in [6.07, 6.45) is 0. The van der Waals surface area contributed by atoms with E-state index in [0.717, 1.165) is 17.0 Å². The summed E-state index contributed by atoms with van der Waals surface area (Å²) in [5.41, 5.74) is 3.26. The zero-order chi connectivity index (χ0) is 17.1. The van der Waals surface area contributed by atoms with E-state index in [1.807, 2.05) is 30.3 Å². The number of carbonyl (C=O) groups is 1. The average molecular weight is 324 g/mol. The molecule has 0 spiro atoms. The van der Waals surface area contributed by atoms with Crippen LogP contribution in [0.3, 0.4) is 0 Å². The molecule has 0 fully saturated rings. The van der Waals surface area contributed by atoms with Gasteiger partial charge in [0.2, 0.25) is 5.91 Å². The SMILES string of the molecule is CC(=O)Nc1cccc([C@H](C)N[C@@H](C)[C@@H]2COc3ccccc32)c1. The summed E-state index contributed by atoms with van der Waals surface area (Å²) in [4.78, 5) is 11.2. The fourth-order valence-electron chi connectivity index (χ4n) is 3.30. The zero-order valence-electron chi connectivity index (χ0n) is 14.4. The van der Waals surface area contributed by atoms with Crippen LogP contribution in [0.2, 0.25) is 0 Å². The van der Waals surface area contributed by atoms with Gasteiger partial charge in [0, 0.05) is 36.2 Å². The normalized spacial score (nSPS) is 18.4. The molecule has 1 aliphatic rings. The Balaban J connectivity index is 1.69. The molecule has 3 rings (SSSR count). The molecule has 4 nitrogen and oxygen atoms in total. The second kappa shape index (κ2) is 7.05. The molecule has 0 saturated carbocycles. The van der Waals surface area contributed by atoms with Gasteiger partial charge in [0.05, 0.1) is 6.61 Å². The van der Waals surface area contributed by atoms with Crippen molar-refractivity contribution in [2.75, 3.05) is 11.9 Å². The van der Waals surface area contributed by atoms with Gasteiger partial charge in [-0.05, 0) is 37.6 Å². The number of nitrogens with one attached hydrogen (secondary N) is 2. The van der Waals surface area contributed by atoms with Gasteiger partial charge in [0.1, 0.15) is 5.75 Å². The second-order valence-corrected chi connectivity index (χ2v) is 6.44. The van der Waals surface area contributed by atoms with Crippen molar-refractivity contribution in [3.05, 3.63) is 59.7 Å². The number of hydrogen-bond donors (Lipinski definition) is 2. The highest BCUT2D eigenvalue weighted by atomic mass is 16.5. The number of rotatable bonds is 5. The van der Waals surface area contributed by atoms with Gasteiger partial charge in [-0.15, -0.1) is 0 Å². The van der Waals surface area contributed by atoms with Gasteiger partial charge < -0.3 is 15.4 Å². The molecule has 0 aromatic heterocycles. The fourth-order valence-corrected chi connectivity index (χ4v) is 3.30. The van der Waals surface area contributed by atoms with E-state index in [2.05, 4.69) is 42.7 Å². The lowest BCUT2D eigenvalue weighted by Crippen LogP contribution is -2.35. The third-order valence-corrected chi connectivity index (χ3v) is 4.56. The highest BCUT2D eigenvalue weighted by Gasteiger charge is 2.29. The molecule has 3 atom stereocenters. The van der Waals surface area contributed by atoms with Crippen LogP contribution in [0.25, 0.3) is 0 Å². The number of carbonyl (C=O) groups excluding carboxylic acids is 1. The molecular formula is C20H24N2O2. The van der Waals surface area contributed by atoms with Crippen molar-refractivity contribution in [1.29, 1.82) is 0 Å². The van der Waals surface area contributed by atoms with Crippen LogP contribution in [0.5, 0.6) is 5.75 Å². The van der Waals surface area contributed by atoms with Gasteiger partial charge in [-0.2, -0.15) is 0 Å². The molecule has 0 bridgehead atoms. The van der Waals surface area contributed by atoms with E-state index in [1.165, 1.54) is 12.5 Å². The van der Waals surface area contributed by atoms with Gasteiger partial charge >= 0.3 is 0 Å². The molecule has 1 aliphatic heterocycles. The van der Waals surface area contributed by atoms with E-state index < -0.39 is 0 Å². The van der Waals surface area contributed by atoms with Crippen LogP contribution in [0.1, 0.15) is 43.9 Å². The molecule has 0 aliphatic carbocycles. The summed E-state index contributed by atoms with van der Waals surface area (Å²) < 4.78 is 5.79. The molecule has 1 amide bonds. The van der Waals surface area contributed by atoms with E-state index in [9.17, 15) is 4.79 Å². The third kappa shape index (κ3) is 3.60. The van der Waals surface area contributed by atoms with E-state index in [1.54, 1.807) is 0 Å². The summed E-state index contributed by atoms with van der Waals surface area (Å²) in [7, 11) is 0. The topological polar surface area (TPSA) is 50.4 Å². The highest BCUT2D eigenvalue weighted by molar-refractivity contribution is 5.88. The van der Waals surface area contributed by atoms with Gasteiger partial charge in [0.15, 0.2) is 0 Å². The minimum atomic E-state index is -0.0548. The lowest BCUT2D eigenvalue weighted by atomic mass is 9.93. The monoisotopic (exact) mass is 324 g/mol. The summed E-state index contributed by atoms with van der Waals surface area (Å²) in [6.45, 7) is 6.58. The molecule has 24 heavy (non-hydrogen) atoms. The molecule has 2 N–H and O–H groups in total. The smallest absolute Gasteiger partial charge is 0.221 e. The number of hydrogen-bond acceptors (Lipinski definition) is 3. The lowest BCUT2D eigenvalue weighted by molar-refractivity contribution is -0.114. The first-order chi connectivity index (χ1) is 11.5. The Morgan fingerprint density at radius 3 is 2.75 bits per heavy atom. The molecule has 0 radical (unpaired) electrons. The van der Waals surface area contributed by atoms with Crippen LogP contribution >= 0.6 is 0 Å². The molecule has 0 saturated heterocycles. The Labute approximate surface area is 143 Å². The van der Waals surface area contributed by atoms with Crippen LogP contribution in [0, 0.1) is 0 Å². The number of para-hydroxylation sites is 1. The number of fused-ring (bicyclic) bond motifs is 1. The highest BCUT2D eigenvalue weighted by Crippen LogP contribution is 2.36. The van der Waals surface area contributed by atoms with E-state index in [-0.39, 0.29) is 18.0 Å². The number of anilines is 1. The molecular weight excluding hydrogens is 300 g/mol. The number of benzene rings is 2. The van der Waals surface area contributed by atoms with Crippen LogP contribution < -0.4 is 15.4 Å². The first-order valence-electron chi connectivity index (χ1n) is 8.40. The van der Waals surface area contributed by atoms with Crippen molar-refractivity contribution < 1.29 is 9.53 Å². The largest absolute Gasteiger partial charge is 0.493 e. The summed E-state index contributed by atoms with van der Waals surface area (Å²) >= 11 is 0. The Bertz CT molecular complexity index is 729. The maximum absolute atomic E-state index is 11.2. The Morgan fingerprint density at radius 1 is 1.17 bits per heavy atom. The minimum Gasteiger partial charge on any atom is -0.493 e. The Morgan fingerprint density at radius 2 is 1.96 bits per heavy atom. The van der Waals surface area contributed by atoms with Crippen molar-refractivity contribution >= 4 is 11.6 Å². The van der Waals surface area contributed by atoms with E-state index in [0.29, 0.717) is 12.5 Å². The Hall–Kier alpha value is -2.33.